The predicted molar refractivity (Wildman–Crippen MR) is 103 cm³/mol. The monoisotopic (exact) mass is 372 g/mol. The molecule has 1 fully saturated rings. The van der Waals surface area contributed by atoms with Crippen LogP contribution in [0.5, 0.6) is 0 Å². The molecule has 27 heavy (non-hydrogen) atoms. The lowest BCUT2D eigenvalue weighted by Gasteiger charge is -2.34. The van der Waals surface area contributed by atoms with Crippen molar-refractivity contribution in [2.75, 3.05) is 6.61 Å². The van der Waals surface area contributed by atoms with E-state index in [1.165, 1.54) is 19.4 Å². The molecule has 3 atom stereocenters. The smallest absolute Gasteiger partial charge is 0.355 e. The molecule has 0 saturated heterocycles. The fourth-order valence-corrected chi connectivity index (χ4v) is 3.29. The quantitative estimate of drug-likeness (QED) is 0.594. The molecular formula is C21H28N2O4. The molecule has 0 unspecified atom stereocenters. The van der Waals surface area contributed by atoms with Crippen molar-refractivity contribution in [2.24, 2.45) is 11.8 Å². The topological polar surface area (TPSA) is 84.5 Å². The summed E-state index contributed by atoms with van der Waals surface area (Å²) in [6.07, 6.45) is 4.72. The number of esters is 1. The summed E-state index contributed by atoms with van der Waals surface area (Å²) in [7, 11) is 0. The summed E-state index contributed by atoms with van der Waals surface area (Å²) in [5, 5.41) is 5.42. The Bertz CT molecular complexity index is 699. The molecule has 146 valence electrons. The Morgan fingerprint density at radius 1 is 1.15 bits per heavy atom. The van der Waals surface area contributed by atoms with Crippen molar-refractivity contribution >= 4 is 23.9 Å². The van der Waals surface area contributed by atoms with Gasteiger partial charge in [0.25, 0.3) is 5.91 Å². The Kier molecular flexibility index (Phi) is 7.58. The molecule has 1 aliphatic carbocycles. The Balaban J connectivity index is 1.93. The average molecular weight is 372 g/mol. The van der Waals surface area contributed by atoms with Gasteiger partial charge in [0.15, 0.2) is 6.61 Å². The van der Waals surface area contributed by atoms with Crippen molar-refractivity contribution in [1.29, 1.82) is 0 Å². The minimum absolute atomic E-state index is 0.00107. The molecule has 0 bridgehead atoms. The number of rotatable bonds is 6. The zero-order chi connectivity index (χ0) is 19.8. The lowest BCUT2D eigenvalue weighted by Crippen LogP contribution is -2.45. The molecule has 0 spiro atoms. The maximum Gasteiger partial charge on any atom is 0.355 e. The van der Waals surface area contributed by atoms with Crippen LogP contribution >= 0.6 is 0 Å². The summed E-state index contributed by atoms with van der Waals surface area (Å²) in [6.45, 7) is 5.27. The van der Waals surface area contributed by atoms with Gasteiger partial charge in [-0.3, -0.25) is 9.59 Å². The summed E-state index contributed by atoms with van der Waals surface area (Å²) in [4.78, 5) is 35.9. The second kappa shape index (κ2) is 9.90. The fourth-order valence-electron chi connectivity index (χ4n) is 3.29. The lowest BCUT2D eigenvalue weighted by molar-refractivity contribution is -0.146. The van der Waals surface area contributed by atoms with Gasteiger partial charge in [-0.15, -0.1) is 0 Å². The Morgan fingerprint density at radius 3 is 2.52 bits per heavy atom. The van der Waals surface area contributed by atoms with Crippen molar-refractivity contribution in [3.05, 3.63) is 41.6 Å². The molecule has 2 rings (SSSR count). The summed E-state index contributed by atoms with van der Waals surface area (Å²) in [6, 6.07) is 9.20. The number of benzene rings is 1. The van der Waals surface area contributed by atoms with E-state index in [-0.39, 0.29) is 30.2 Å². The molecule has 2 amide bonds. The van der Waals surface area contributed by atoms with Crippen molar-refractivity contribution < 1.29 is 19.1 Å². The number of nitrogens with one attached hydrogen (secondary N) is 2. The van der Waals surface area contributed by atoms with Gasteiger partial charge in [0.2, 0.25) is 5.91 Å². The van der Waals surface area contributed by atoms with E-state index < -0.39 is 5.97 Å². The third kappa shape index (κ3) is 6.55. The van der Waals surface area contributed by atoms with Crippen LogP contribution in [0.1, 0.15) is 45.6 Å². The standard InChI is InChI=1S/C21H28N2O4/c1-14-8-7-11-18(15(14)2)23-20(25)13-27-21(26)19(22-16(3)24)12-17-9-5-4-6-10-17/h4-6,9-10,12,14-15,18H,7-8,11,13H2,1-3H3,(H,22,24)(H,23,25)/b19-12-/t14-,15-,18+/m1/s1. The van der Waals surface area contributed by atoms with E-state index in [1.807, 2.05) is 18.2 Å². The SMILES string of the molecule is CC(=O)N/C(=C\c1ccccc1)C(=O)OCC(=O)N[C@H]1CCC[C@@H](C)[C@H]1C. The van der Waals surface area contributed by atoms with Crippen LogP contribution in [-0.2, 0) is 19.1 Å². The van der Waals surface area contributed by atoms with Gasteiger partial charge in [-0.05, 0) is 29.9 Å². The maximum absolute atomic E-state index is 12.3. The first-order valence-corrected chi connectivity index (χ1v) is 9.37. The fraction of sp³-hybridized carbons (Fsp3) is 0.476. The first-order valence-electron chi connectivity index (χ1n) is 9.37. The van der Waals surface area contributed by atoms with Gasteiger partial charge in [0, 0.05) is 13.0 Å². The first kappa shape index (κ1) is 20.7. The molecule has 2 N–H and O–H groups in total. The summed E-state index contributed by atoms with van der Waals surface area (Å²) in [5.41, 5.74) is 0.744. The highest BCUT2D eigenvalue weighted by atomic mass is 16.5. The Hall–Kier alpha value is -2.63. The van der Waals surface area contributed by atoms with Crippen molar-refractivity contribution in [2.45, 2.75) is 46.1 Å². The van der Waals surface area contributed by atoms with Crippen molar-refractivity contribution in [3.63, 3.8) is 0 Å². The van der Waals surface area contributed by atoms with Crippen LogP contribution in [-0.4, -0.2) is 30.4 Å². The third-order valence-corrected chi connectivity index (χ3v) is 5.03. The van der Waals surface area contributed by atoms with Crippen LogP contribution in [0.2, 0.25) is 0 Å². The molecule has 0 radical (unpaired) electrons. The predicted octanol–water partition coefficient (Wildman–Crippen LogP) is 2.65. The zero-order valence-electron chi connectivity index (χ0n) is 16.2. The Labute approximate surface area is 160 Å². The van der Waals surface area contributed by atoms with Gasteiger partial charge in [-0.1, -0.05) is 57.0 Å². The number of hydrogen-bond acceptors (Lipinski definition) is 4. The normalized spacial score (nSPS) is 22.6. The Morgan fingerprint density at radius 2 is 1.85 bits per heavy atom. The van der Waals surface area contributed by atoms with E-state index in [0.29, 0.717) is 11.8 Å². The van der Waals surface area contributed by atoms with Gasteiger partial charge >= 0.3 is 5.97 Å². The highest BCUT2D eigenvalue weighted by Gasteiger charge is 2.28. The number of hydrogen-bond donors (Lipinski definition) is 2. The summed E-state index contributed by atoms with van der Waals surface area (Å²) >= 11 is 0. The molecule has 1 aromatic rings. The molecule has 0 aliphatic heterocycles. The highest BCUT2D eigenvalue weighted by molar-refractivity contribution is 5.98. The zero-order valence-corrected chi connectivity index (χ0v) is 16.2. The minimum atomic E-state index is -0.741. The van der Waals surface area contributed by atoms with Crippen LogP contribution < -0.4 is 10.6 Å². The van der Waals surface area contributed by atoms with Crippen molar-refractivity contribution in [1.82, 2.24) is 10.6 Å². The minimum Gasteiger partial charge on any atom is -0.451 e. The van der Waals surface area contributed by atoms with Gasteiger partial charge in [0.05, 0.1) is 0 Å². The number of amides is 2. The molecule has 6 nitrogen and oxygen atoms in total. The summed E-state index contributed by atoms with van der Waals surface area (Å²) in [5.74, 6) is -0.493. The number of ether oxygens (including phenoxy) is 1. The van der Waals surface area contributed by atoms with Crippen LogP contribution in [0.4, 0.5) is 0 Å². The molecule has 6 heteroatoms. The van der Waals surface area contributed by atoms with Crippen LogP contribution in [0, 0.1) is 11.8 Å². The van der Waals surface area contributed by atoms with Crippen LogP contribution in [0.3, 0.4) is 0 Å². The van der Waals surface area contributed by atoms with E-state index in [0.717, 1.165) is 18.4 Å². The first-order chi connectivity index (χ1) is 12.9. The van der Waals surface area contributed by atoms with E-state index in [1.54, 1.807) is 12.1 Å². The van der Waals surface area contributed by atoms with E-state index in [4.69, 9.17) is 4.74 Å². The second-order valence-electron chi connectivity index (χ2n) is 7.17. The van der Waals surface area contributed by atoms with Crippen molar-refractivity contribution in [3.8, 4) is 0 Å². The summed E-state index contributed by atoms with van der Waals surface area (Å²) < 4.78 is 5.11. The molecular weight excluding hydrogens is 344 g/mol. The van der Waals surface area contributed by atoms with Crippen LogP contribution in [0.15, 0.2) is 36.0 Å². The third-order valence-electron chi connectivity index (χ3n) is 5.03. The lowest BCUT2D eigenvalue weighted by atomic mass is 9.78. The number of carbonyl (C=O) groups excluding carboxylic acids is 3. The second-order valence-corrected chi connectivity index (χ2v) is 7.17. The average Bonchev–Trinajstić information content (AvgIpc) is 2.63. The maximum atomic E-state index is 12.3. The molecule has 1 aliphatic rings. The van der Waals surface area contributed by atoms with E-state index in [9.17, 15) is 14.4 Å². The molecule has 1 aromatic carbocycles. The molecule has 0 heterocycles. The molecule has 1 saturated carbocycles. The largest absolute Gasteiger partial charge is 0.451 e. The van der Waals surface area contributed by atoms with E-state index in [2.05, 4.69) is 24.5 Å². The van der Waals surface area contributed by atoms with Gasteiger partial charge in [-0.2, -0.15) is 0 Å². The van der Waals surface area contributed by atoms with Crippen LogP contribution in [0.25, 0.3) is 6.08 Å². The molecule has 0 aromatic heterocycles. The van der Waals surface area contributed by atoms with Gasteiger partial charge < -0.3 is 15.4 Å². The van der Waals surface area contributed by atoms with Gasteiger partial charge in [-0.25, -0.2) is 4.79 Å². The highest BCUT2D eigenvalue weighted by Crippen LogP contribution is 2.29. The van der Waals surface area contributed by atoms with E-state index >= 15 is 0 Å². The number of carbonyl (C=O) groups is 3. The van der Waals surface area contributed by atoms with Gasteiger partial charge in [0.1, 0.15) is 5.70 Å².